The molecule has 0 radical (unpaired) electrons. The molecule has 1 heterocycles. The molecule has 3 rings (SSSR count). The van der Waals surface area contributed by atoms with Gasteiger partial charge in [0, 0.05) is 28.9 Å². The number of rotatable bonds is 5. The number of carbonyl (C=O) groups is 2. The van der Waals surface area contributed by atoms with Crippen LogP contribution in [0.25, 0.3) is 0 Å². The molecule has 2 aromatic carbocycles. The summed E-state index contributed by atoms with van der Waals surface area (Å²) in [6.07, 6.45) is 0. The molecule has 5 N–H and O–H groups in total. The highest BCUT2D eigenvalue weighted by Gasteiger charge is 2.51. The number of aliphatic hydroxyl groups is 1. The summed E-state index contributed by atoms with van der Waals surface area (Å²) in [5.74, 6) is -0.381. The van der Waals surface area contributed by atoms with Gasteiger partial charge in [0.25, 0.3) is 11.6 Å². The topological polar surface area (TPSA) is 169 Å². The molecule has 0 aromatic heterocycles. The number of ether oxygens (including phenoxy) is 1. The van der Waals surface area contributed by atoms with Gasteiger partial charge in [-0.2, -0.15) is 5.10 Å². The molecular formula is C17H15N5O6. The van der Waals surface area contributed by atoms with Crippen LogP contribution in [0.4, 0.5) is 16.2 Å². The number of anilines is 1. The van der Waals surface area contributed by atoms with Crippen molar-refractivity contribution < 1.29 is 24.4 Å². The minimum atomic E-state index is -2.40. The smallest absolute Gasteiger partial charge is 0.332 e. The largest absolute Gasteiger partial charge is 0.497 e. The number of nitrogens with zero attached hydrogens (tertiary/aromatic N) is 2. The second kappa shape index (κ2) is 6.96. The number of nitrogens with two attached hydrogens (primary N) is 1. The SMILES string of the molecule is COc1ccc(C(=NNC(N)=O)C2(O)C(=O)Nc3ccc([N+](=O)[O-])cc32)cc1. The van der Waals surface area contributed by atoms with E-state index >= 15 is 0 Å². The van der Waals surface area contributed by atoms with Crippen LogP contribution >= 0.6 is 0 Å². The Hall–Kier alpha value is -3.99. The molecule has 0 saturated carbocycles. The molecule has 0 bridgehead atoms. The molecule has 0 spiro atoms. The van der Waals surface area contributed by atoms with E-state index < -0.39 is 22.5 Å². The number of nitro benzene ring substituents is 1. The van der Waals surface area contributed by atoms with Gasteiger partial charge < -0.3 is 20.9 Å². The highest BCUT2D eigenvalue weighted by atomic mass is 16.6. The molecular weight excluding hydrogens is 370 g/mol. The molecule has 1 unspecified atom stereocenters. The molecule has 0 fully saturated rings. The van der Waals surface area contributed by atoms with Gasteiger partial charge in [0.15, 0.2) is 0 Å². The number of hydrogen-bond acceptors (Lipinski definition) is 7. The van der Waals surface area contributed by atoms with Crippen LogP contribution in [0.2, 0.25) is 0 Å². The molecule has 1 atom stereocenters. The number of hydrazone groups is 1. The fourth-order valence-corrected chi connectivity index (χ4v) is 2.84. The highest BCUT2D eigenvalue weighted by Crippen LogP contribution is 2.40. The lowest BCUT2D eigenvalue weighted by atomic mass is 9.86. The van der Waals surface area contributed by atoms with Crippen molar-refractivity contribution in [3.05, 3.63) is 63.7 Å². The molecule has 28 heavy (non-hydrogen) atoms. The van der Waals surface area contributed by atoms with Crippen molar-refractivity contribution in [3.8, 4) is 5.75 Å². The molecule has 0 saturated heterocycles. The Labute approximate surface area is 157 Å². The third kappa shape index (κ3) is 3.10. The summed E-state index contributed by atoms with van der Waals surface area (Å²) < 4.78 is 5.07. The fourth-order valence-electron chi connectivity index (χ4n) is 2.84. The van der Waals surface area contributed by atoms with Gasteiger partial charge in [0.05, 0.1) is 12.0 Å². The lowest BCUT2D eigenvalue weighted by Gasteiger charge is -2.23. The van der Waals surface area contributed by atoms with Crippen molar-refractivity contribution in [2.45, 2.75) is 5.60 Å². The zero-order chi connectivity index (χ0) is 20.5. The Morgan fingerprint density at radius 3 is 2.57 bits per heavy atom. The second-order valence-electron chi connectivity index (χ2n) is 5.82. The number of amides is 3. The van der Waals surface area contributed by atoms with E-state index in [9.17, 15) is 24.8 Å². The van der Waals surface area contributed by atoms with Gasteiger partial charge in [-0.05, 0) is 30.3 Å². The van der Waals surface area contributed by atoms with Crippen molar-refractivity contribution in [2.24, 2.45) is 10.8 Å². The van der Waals surface area contributed by atoms with Crippen molar-refractivity contribution in [2.75, 3.05) is 12.4 Å². The molecule has 2 aromatic rings. The number of nitrogens with one attached hydrogen (secondary N) is 2. The van der Waals surface area contributed by atoms with Crippen LogP contribution in [-0.2, 0) is 10.4 Å². The van der Waals surface area contributed by atoms with E-state index in [0.717, 1.165) is 6.07 Å². The Balaban J connectivity index is 2.20. The van der Waals surface area contributed by atoms with Crippen molar-refractivity contribution in [1.29, 1.82) is 0 Å². The predicted molar refractivity (Wildman–Crippen MR) is 97.9 cm³/mol. The normalized spacial score (nSPS) is 18.2. The Morgan fingerprint density at radius 1 is 1.32 bits per heavy atom. The molecule has 11 nitrogen and oxygen atoms in total. The quantitative estimate of drug-likeness (QED) is 0.337. The van der Waals surface area contributed by atoms with Crippen molar-refractivity contribution >= 4 is 29.0 Å². The number of methoxy groups -OCH3 is 1. The van der Waals surface area contributed by atoms with Gasteiger partial charge >= 0.3 is 6.03 Å². The lowest BCUT2D eigenvalue weighted by molar-refractivity contribution is -0.385. The molecule has 1 aliphatic heterocycles. The van der Waals surface area contributed by atoms with Gasteiger partial charge in [-0.3, -0.25) is 14.9 Å². The van der Waals surface area contributed by atoms with Crippen LogP contribution in [0.1, 0.15) is 11.1 Å². The number of nitro groups is 1. The maximum atomic E-state index is 12.6. The van der Waals surface area contributed by atoms with Crippen LogP contribution in [0, 0.1) is 10.1 Å². The zero-order valence-electron chi connectivity index (χ0n) is 14.5. The number of urea groups is 1. The van der Waals surface area contributed by atoms with Crippen LogP contribution in [-0.4, -0.2) is 34.8 Å². The average molecular weight is 385 g/mol. The van der Waals surface area contributed by atoms with E-state index in [1.54, 1.807) is 12.1 Å². The first-order valence-corrected chi connectivity index (χ1v) is 7.88. The third-order valence-electron chi connectivity index (χ3n) is 4.16. The van der Waals surface area contributed by atoms with E-state index in [-0.39, 0.29) is 28.2 Å². The summed E-state index contributed by atoms with van der Waals surface area (Å²) in [6.45, 7) is 0. The number of benzene rings is 2. The molecule has 3 amide bonds. The second-order valence-corrected chi connectivity index (χ2v) is 5.82. The van der Waals surface area contributed by atoms with Crippen molar-refractivity contribution in [3.63, 3.8) is 0 Å². The summed E-state index contributed by atoms with van der Waals surface area (Å²) in [5.41, 5.74) is 4.39. The Bertz CT molecular complexity index is 1000. The number of primary amides is 1. The van der Waals surface area contributed by atoms with Gasteiger partial charge in [-0.1, -0.05) is 0 Å². The van der Waals surface area contributed by atoms with Gasteiger partial charge in [0.2, 0.25) is 5.60 Å². The summed E-state index contributed by atoms with van der Waals surface area (Å²) in [5, 5.41) is 28.7. The van der Waals surface area contributed by atoms with Crippen molar-refractivity contribution in [1.82, 2.24) is 5.43 Å². The minimum Gasteiger partial charge on any atom is -0.497 e. The summed E-state index contributed by atoms with van der Waals surface area (Å²) in [7, 11) is 1.46. The Morgan fingerprint density at radius 2 is 2.00 bits per heavy atom. The third-order valence-corrected chi connectivity index (χ3v) is 4.16. The van der Waals surface area contributed by atoms with E-state index in [4.69, 9.17) is 10.5 Å². The first kappa shape index (κ1) is 18.8. The van der Waals surface area contributed by atoms with E-state index in [2.05, 4.69) is 10.4 Å². The van der Waals surface area contributed by atoms with Crippen LogP contribution < -0.4 is 21.2 Å². The number of fused-ring (bicyclic) bond motifs is 1. The van der Waals surface area contributed by atoms with Crippen LogP contribution in [0.3, 0.4) is 0 Å². The van der Waals surface area contributed by atoms with Gasteiger partial charge in [-0.25, -0.2) is 10.2 Å². The fraction of sp³-hybridized carbons (Fsp3) is 0.118. The molecule has 144 valence electrons. The minimum absolute atomic E-state index is 0.0764. The van der Waals surface area contributed by atoms with Gasteiger partial charge in [0.1, 0.15) is 11.5 Å². The molecule has 11 heteroatoms. The first-order chi connectivity index (χ1) is 13.3. The summed E-state index contributed by atoms with van der Waals surface area (Å²) >= 11 is 0. The number of carbonyl (C=O) groups excluding carboxylic acids is 2. The van der Waals surface area contributed by atoms with E-state index in [0.29, 0.717) is 5.75 Å². The number of non-ortho nitro benzene ring substituents is 1. The van der Waals surface area contributed by atoms with E-state index in [1.165, 1.54) is 31.4 Å². The standard InChI is InChI=1S/C17H15N5O6/c1-28-11-5-2-9(3-6-11)14(20-21-16(18)24)17(25)12-8-10(22(26)27)4-7-13(12)19-15(17)23/h2-8,25H,1H3,(H,19,23)(H3,18,21,24). The Kier molecular flexibility index (Phi) is 4.67. The van der Waals surface area contributed by atoms with Gasteiger partial charge in [-0.15, -0.1) is 0 Å². The predicted octanol–water partition coefficient (Wildman–Crippen LogP) is 0.816. The maximum absolute atomic E-state index is 12.6. The van der Waals surface area contributed by atoms with Crippen LogP contribution in [0.15, 0.2) is 47.6 Å². The monoisotopic (exact) mass is 385 g/mol. The maximum Gasteiger partial charge on any atom is 0.332 e. The molecule has 0 aliphatic carbocycles. The lowest BCUT2D eigenvalue weighted by Crippen LogP contribution is -2.44. The summed E-state index contributed by atoms with van der Waals surface area (Å²) in [4.78, 5) is 34.2. The first-order valence-electron chi connectivity index (χ1n) is 7.88. The zero-order valence-corrected chi connectivity index (χ0v) is 14.5. The highest BCUT2D eigenvalue weighted by molar-refractivity contribution is 6.26. The van der Waals surface area contributed by atoms with E-state index in [1.807, 2.05) is 5.43 Å². The molecule has 1 aliphatic rings. The number of hydrogen-bond donors (Lipinski definition) is 4. The van der Waals surface area contributed by atoms with Crippen LogP contribution in [0.5, 0.6) is 5.75 Å². The average Bonchev–Trinajstić information content (AvgIpc) is 2.92. The summed E-state index contributed by atoms with van der Waals surface area (Å²) in [6, 6.07) is 8.65.